The van der Waals surface area contributed by atoms with Crippen LogP contribution in [0.1, 0.15) is 6.42 Å². The van der Waals surface area contributed by atoms with Crippen LogP contribution in [0.25, 0.3) is 0 Å². The van der Waals surface area contributed by atoms with Crippen LogP contribution in [0.3, 0.4) is 0 Å². The molecular weight excluding hydrogens is 337 g/mol. The molecule has 118 valence electrons. The van der Waals surface area contributed by atoms with E-state index in [1.165, 1.54) is 4.90 Å². The third-order valence-electron chi connectivity index (χ3n) is 2.60. The second-order valence-electron chi connectivity index (χ2n) is 4.28. The third-order valence-corrected chi connectivity index (χ3v) is 3.34. The fourth-order valence-electron chi connectivity index (χ4n) is 1.50. The largest absolute Gasteiger partial charge is 0.336 e. The van der Waals surface area contributed by atoms with E-state index in [-0.39, 0.29) is 30.8 Å². The minimum atomic E-state index is -0.288. The molecule has 0 saturated heterocycles. The van der Waals surface area contributed by atoms with Crippen molar-refractivity contribution in [2.75, 3.05) is 32.5 Å². The summed E-state index contributed by atoms with van der Waals surface area (Å²) >= 11 is 11.6. The lowest BCUT2D eigenvalue weighted by atomic mass is 10.3. The monoisotopic (exact) mass is 353 g/mol. The van der Waals surface area contributed by atoms with Gasteiger partial charge in [0.25, 0.3) is 0 Å². The van der Waals surface area contributed by atoms with Crippen LogP contribution >= 0.6 is 35.6 Å². The Balaban J connectivity index is 0.00000400. The Morgan fingerprint density at radius 2 is 1.90 bits per heavy atom. The Morgan fingerprint density at radius 3 is 2.48 bits per heavy atom. The molecule has 0 heterocycles. The van der Waals surface area contributed by atoms with Gasteiger partial charge in [-0.15, -0.1) is 12.4 Å². The first-order valence-corrected chi connectivity index (χ1v) is 6.83. The van der Waals surface area contributed by atoms with Crippen LogP contribution in [0.2, 0.25) is 10.0 Å². The molecule has 1 rings (SSSR count). The number of nitrogens with zero attached hydrogens (tertiary/aromatic N) is 1. The SMILES string of the molecule is CNCCC(=O)N(C)CC(=O)Nc1ccc(Cl)c(Cl)c1.Cl. The van der Waals surface area contributed by atoms with Crippen molar-refractivity contribution in [1.82, 2.24) is 10.2 Å². The van der Waals surface area contributed by atoms with E-state index in [1.807, 2.05) is 0 Å². The highest BCUT2D eigenvalue weighted by Crippen LogP contribution is 2.24. The molecule has 0 spiro atoms. The summed E-state index contributed by atoms with van der Waals surface area (Å²) in [6.07, 6.45) is 0.354. The number of carbonyl (C=O) groups excluding carboxylic acids is 2. The van der Waals surface area contributed by atoms with Gasteiger partial charge < -0.3 is 15.5 Å². The number of halogens is 3. The number of amides is 2. The zero-order valence-electron chi connectivity index (χ0n) is 11.8. The van der Waals surface area contributed by atoms with Crippen molar-refractivity contribution in [3.8, 4) is 0 Å². The van der Waals surface area contributed by atoms with Gasteiger partial charge in [-0.25, -0.2) is 0 Å². The average molecular weight is 355 g/mol. The van der Waals surface area contributed by atoms with Gasteiger partial charge in [0.05, 0.1) is 16.6 Å². The molecule has 21 heavy (non-hydrogen) atoms. The van der Waals surface area contributed by atoms with Crippen molar-refractivity contribution >= 4 is 53.1 Å². The van der Waals surface area contributed by atoms with Gasteiger partial charge in [-0.2, -0.15) is 0 Å². The van der Waals surface area contributed by atoms with Crippen molar-refractivity contribution in [2.24, 2.45) is 0 Å². The first-order chi connectivity index (χ1) is 9.43. The van der Waals surface area contributed by atoms with Crippen LogP contribution in [0.15, 0.2) is 18.2 Å². The minimum Gasteiger partial charge on any atom is -0.336 e. The zero-order valence-corrected chi connectivity index (χ0v) is 14.1. The molecule has 0 aliphatic heterocycles. The molecule has 0 bridgehead atoms. The number of hydrogen-bond acceptors (Lipinski definition) is 3. The summed E-state index contributed by atoms with van der Waals surface area (Å²) in [4.78, 5) is 24.8. The minimum absolute atomic E-state index is 0. The van der Waals surface area contributed by atoms with Gasteiger partial charge in [0.15, 0.2) is 0 Å². The Kier molecular flexibility index (Phi) is 9.37. The highest BCUT2D eigenvalue weighted by Gasteiger charge is 2.12. The van der Waals surface area contributed by atoms with Crippen LogP contribution in [-0.4, -0.2) is 43.9 Å². The Hall–Kier alpha value is -1.01. The molecule has 2 amide bonds. The van der Waals surface area contributed by atoms with Gasteiger partial charge in [-0.05, 0) is 25.2 Å². The van der Waals surface area contributed by atoms with Crippen LogP contribution in [0.4, 0.5) is 5.69 Å². The van der Waals surface area contributed by atoms with Crippen molar-refractivity contribution in [2.45, 2.75) is 6.42 Å². The fraction of sp³-hybridized carbons (Fsp3) is 0.385. The summed E-state index contributed by atoms with van der Waals surface area (Å²) in [5, 5.41) is 6.33. The summed E-state index contributed by atoms with van der Waals surface area (Å²) in [7, 11) is 3.36. The molecule has 5 nitrogen and oxygen atoms in total. The number of hydrogen-bond donors (Lipinski definition) is 2. The van der Waals surface area contributed by atoms with E-state index >= 15 is 0 Å². The molecule has 8 heteroatoms. The summed E-state index contributed by atoms with van der Waals surface area (Å²) in [6, 6.07) is 4.81. The quantitative estimate of drug-likeness (QED) is 0.825. The summed E-state index contributed by atoms with van der Waals surface area (Å²) in [5.41, 5.74) is 0.542. The van der Waals surface area contributed by atoms with Crippen molar-refractivity contribution < 1.29 is 9.59 Å². The van der Waals surface area contributed by atoms with E-state index in [1.54, 1.807) is 32.3 Å². The van der Waals surface area contributed by atoms with E-state index in [0.717, 1.165) is 0 Å². The predicted octanol–water partition coefficient (Wildman–Crippen LogP) is 2.42. The lowest BCUT2D eigenvalue weighted by Crippen LogP contribution is -2.36. The number of nitrogens with one attached hydrogen (secondary N) is 2. The summed E-state index contributed by atoms with van der Waals surface area (Å²) in [6.45, 7) is 0.570. The molecule has 0 unspecified atom stereocenters. The lowest BCUT2D eigenvalue weighted by molar-refractivity contribution is -0.133. The van der Waals surface area contributed by atoms with Crippen molar-refractivity contribution in [3.63, 3.8) is 0 Å². The van der Waals surface area contributed by atoms with Crippen LogP contribution in [0.5, 0.6) is 0 Å². The Labute approximate surface area is 140 Å². The third kappa shape index (κ3) is 7.00. The highest BCUT2D eigenvalue weighted by molar-refractivity contribution is 6.42. The predicted molar refractivity (Wildman–Crippen MR) is 88.5 cm³/mol. The second kappa shape index (κ2) is 9.84. The molecule has 0 aliphatic rings. The van der Waals surface area contributed by atoms with Crippen LogP contribution < -0.4 is 10.6 Å². The van der Waals surface area contributed by atoms with E-state index in [2.05, 4.69) is 10.6 Å². The molecule has 1 aromatic rings. The number of anilines is 1. The molecule has 0 aliphatic carbocycles. The standard InChI is InChI=1S/C13H17Cl2N3O2.ClH/c1-16-6-5-13(20)18(2)8-12(19)17-9-3-4-10(14)11(15)7-9;/h3-4,7,16H,5-6,8H2,1-2H3,(H,17,19);1H. The zero-order chi connectivity index (χ0) is 15.1. The normalized spacial score (nSPS) is 9.71. The second-order valence-corrected chi connectivity index (χ2v) is 5.09. The molecule has 0 aromatic heterocycles. The molecule has 0 fully saturated rings. The van der Waals surface area contributed by atoms with E-state index in [0.29, 0.717) is 28.7 Å². The summed E-state index contributed by atoms with van der Waals surface area (Å²) in [5.74, 6) is -0.382. The lowest BCUT2D eigenvalue weighted by Gasteiger charge is -2.16. The fourth-order valence-corrected chi connectivity index (χ4v) is 1.80. The topological polar surface area (TPSA) is 61.4 Å². The van der Waals surface area contributed by atoms with Gasteiger partial charge in [-0.1, -0.05) is 23.2 Å². The maximum atomic E-state index is 11.8. The highest BCUT2D eigenvalue weighted by atomic mass is 35.5. The van der Waals surface area contributed by atoms with Gasteiger partial charge in [0, 0.05) is 25.7 Å². The van der Waals surface area contributed by atoms with E-state index in [4.69, 9.17) is 23.2 Å². The molecule has 0 atom stereocenters. The van der Waals surface area contributed by atoms with Crippen LogP contribution in [-0.2, 0) is 9.59 Å². The van der Waals surface area contributed by atoms with Gasteiger partial charge in [0.1, 0.15) is 0 Å². The first-order valence-electron chi connectivity index (χ1n) is 6.07. The maximum Gasteiger partial charge on any atom is 0.243 e. The molecule has 1 aromatic carbocycles. The molecule has 0 radical (unpaired) electrons. The van der Waals surface area contributed by atoms with E-state index in [9.17, 15) is 9.59 Å². The smallest absolute Gasteiger partial charge is 0.243 e. The Bertz CT molecular complexity index is 498. The molecule has 0 saturated carbocycles. The molecular formula is C13H18Cl3N3O2. The van der Waals surface area contributed by atoms with Crippen molar-refractivity contribution in [1.29, 1.82) is 0 Å². The average Bonchev–Trinajstić information content (AvgIpc) is 2.40. The van der Waals surface area contributed by atoms with Crippen LogP contribution in [0, 0.1) is 0 Å². The maximum absolute atomic E-state index is 11.8. The van der Waals surface area contributed by atoms with E-state index < -0.39 is 0 Å². The molecule has 2 N–H and O–H groups in total. The van der Waals surface area contributed by atoms with Gasteiger partial charge >= 0.3 is 0 Å². The Morgan fingerprint density at radius 1 is 1.24 bits per heavy atom. The number of benzene rings is 1. The van der Waals surface area contributed by atoms with Crippen molar-refractivity contribution in [3.05, 3.63) is 28.2 Å². The summed E-state index contributed by atoms with van der Waals surface area (Å²) < 4.78 is 0. The first kappa shape index (κ1) is 20.0. The number of rotatable bonds is 6. The van der Waals surface area contributed by atoms with Gasteiger partial charge in [-0.3, -0.25) is 9.59 Å². The van der Waals surface area contributed by atoms with Gasteiger partial charge in [0.2, 0.25) is 11.8 Å². The number of likely N-dealkylation sites (N-methyl/N-ethyl adjacent to an activating group) is 1. The number of carbonyl (C=O) groups is 2.